The third-order valence-electron chi connectivity index (χ3n) is 4.44. The highest BCUT2D eigenvalue weighted by Crippen LogP contribution is 2.22. The summed E-state index contributed by atoms with van der Waals surface area (Å²) in [6.45, 7) is 3.93. The van der Waals surface area contributed by atoms with Crippen molar-refractivity contribution < 1.29 is 14.7 Å². The molecule has 2 aromatic carbocycles. The van der Waals surface area contributed by atoms with Crippen molar-refractivity contribution in [2.75, 3.05) is 13.2 Å². The maximum Gasteiger partial charge on any atom is 0.279 e. The molecule has 0 aliphatic carbocycles. The molecule has 0 aliphatic heterocycles. The lowest BCUT2D eigenvalue weighted by Gasteiger charge is -2.17. The van der Waals surface area contributed by atoms with Gasteiger partial charge in [0.25, 0.3) is 5.91 Å². The molecule has 0 saturated carbocycles. The number of aryl methyl sites for hydroxylation is 1. The van der Waals surface area contributed by atoms with Gasteiger partial charge in [-0.25, -0.2) is 0 Å². The molecule has 0 spiro atoms. The molecule has 0 saturated heterocycles. The molecule has 6 nitrogen and oxygen atoms in total. The van der Waals surface area contributed by atoms with Crippen molar-refractivity contribution in [3.8, 4) is 0 Å². The number of aliphatic hydroxyl groups is 1. The Morgan fingerprint density at radius 2 is 1.89 bits per heavy atom. The molecule has 2 N–H and O–H groups in total. The second-order valence-electron chi connectivity index (χ2n) is 6.44. The van der Waals surface area contributed by atoms with Crippen LogP contribution in [-0.4, -0.2) is 34.6 Å². The Morgan fingerprint density at radius 3 is 2.57 bits per heavy atom. The van der Waals surface area contributed by atoms with Crippen LogP contribution in [0.1, 0.15) is 35.3 Å². The van der Waals surface area contributed by atoms with Crippen molar-refractivity contribution in [3.05, 3.63) is 64.5 Å². The number of nitrogens with zero attached hydrogens (tertiary/aromatic N) is 2. The first-order chi connectivity index (χ1) is 13.5. The van der Waals surface area contributed by atoms with E-state index in [1.165, 1.54) is 11.3 Å². The smallest absolute Gasteiger partial charge is 0.279 e. The molecule has 3 aromatic rings. The molecule has 1 atom stereocenters. The topological polar surface area (TPSA) is 83.7 Å². The molecule has 1 heterocycles. The summed E-state index contributed by atoms with van der Waals surface area (Å²) >= 11 is 1.38. The average Bonchev–Trinajstić information content (AvgIpc) is 3.05. The Kier molecular flexibility index (Phi) is 6.38. The molecule has 0 fully saturated rings. The average molecular weight is 398 g/mol. The predicted molar refractivity (Wildman–Crippen MR) is 110 cm³/mol. The molecular weight excluding hydrogens is 374 g/mol. The Balaban J connectivity index is 2.11. The minimum Gasteiger partial charge on any atom is -0.395 e. The number of aliphatic hydroxyl groups excluding tert-OH is 1. The summed E-state index contributed by atoms with van der Waals surface area (Å²) in [4.78, 5) is 30.2. The van der Waals surface area contributed by atoms with Gasteiger partial charge < -0.3 is 15.0 Å². The number of aromatic nitrogens is 1. The molecule has 0 radical (unpaired) electrons. The van der Waals surface area contributed by atoms with Crippen molar-refractivity contribution in [3.63, 3.8) is 0 Å². The lowest BCUT2D eigenvalue weighted by Crippen LogP contribution is -2.37. The molecule has 1 aromatic heterocycles. The van der Waals surface area contributed by atoms with Crippen molar-refractivity contribution in [2.24, 2.45) is 4.99 Å². The summed E-state index contributed by atoms with van der Waals surface area (Å²) in [5.41, 5.74) is 2.43. The number of rotatable bonds is 6. The Bertz CT molecular complexity index is 1050. The van der Waals surface area contributed by atoms with Crippen LogP contribution in [0.5, 0.6) is 0 Å². The third-order valence-corrected chi connectivity index (χ3v) is 5.48. The van der Waals surface area contributed by atoms with Gasteiger partial charge in [-0.1, -0.05) is 48.1 Å². The minimum absolute atomic E-state index is 0.125. The van der Waals surface area contributed by atoms with Crippen LogP contribution in [0.2, 0.25) is 0 Å². The maximum absolute atomic E-state index is 12.7. The number of carbonyl (C=O) groups excluding carboxylic acids is 2. The summed E-state index contributed by atoms with van der Waals surface area (Å²) < 4.78 is 2.77. The summed E-state index contributed by atoms with van der Waals surface area (Å²) in [6, 6.07) is 14.4. The fourth-order valence-corrected chi connectivity index (χ4v) is 4.07. The van der Waals surface area contributed by atoms with Crippen LogP contribution >= 0.6 is 11.3 Å². The van der Waals surface area contributed by atoms with E-state index in [1.807, 2.05) is 54.8 Å². The van der Waals surface area contributed by atoms with E-state index < -0.39 is 6.04 Å². The molecule has 1 unspecified atom stereocenters. The number of fused-ring (bicyclic) bond motifs is 1. The van der Waals surface area contributed by atoms with E-state index in [0.29, 0.717) is 16.8 Å². The molecular formula is C21H23N3O3S. The van der Waals surface area contributed by atoms with Crippen LogP contribution in [0.25, 0.3) is 10.2 Å². The minimum atomic E-state index is -0.521. The SMILES string of the molecule is CCC(C(=O)NCCO)n1c(=NC(=O)c2ccc(C)cc2)sc2ccccc21. The number of thiazole rings is 1. The lowest BCUT2D eigenvalue weighted by atomic mass is 10.1. The van der Waals surface area contributed by atoms with Crippen molar-refractivity contribution in [1.82, 2.24) is 9.88 Å². The number of para-hydroxylation sites is 1. The molecule has 146 valence electrons. The normalized spacial score (nSPS) is 12.9. The highest BCUT2D eigenvalue weighted by molar-refractivity contribution is 7.16. The van der Waals surface area contributed by atoms with E-state index in [1.54, 1.807) is 12.1 Å². The van der Waals surface area contributed by atoms with Crippen LogP contribution in [0.3, 0.4) is 0 Å². The zero-order chi connectivity index (χ0) is 20.1. The predicted octanol–water partition coefficient (Wildman–Crippen LogP) is 2.81. The quantitative estimate of drug-likeness (QED) is 0.671. The Morgan fingerprint density at radius 1 is 1.18 bits per heavy atom. The van der Waals surface area contributed by atoms with Gasteiger partial charge in [0.15, 0.2) is 4.80 Å². The van der Waals surface area contributed by atoms with Crippen LogP contribution in [0, 0.1) is 6.92 Å². The molecule has 0 aliphatic rings. The number of carbonyl (C=O) groups is 2. The standard InChI is InChI=1S/C21H23N3O3S/c1-3-16(20(27)22-12-13-25)24-17-6-4-5-7-18(17)28-21(24)23-19(26)15-10-8-14(2)9-11-15/h4-11,16,25H,3,12-13H2,1-2H3,(H,22,27). The van der Waals surface area contributed by atoms with Gasteiger partial charge >= 0.3 is 0 Å². The van der Waals surface area contributed by atoms with E-state index in [9.17, 15) is 9.59 Å². The number of amides is 2. The van der Waals surface area contributed by atoms with Gasteiger partial charge in [-0.05, 0) is 37.6 Å². The Hall–Kier alpha value is -2.77. The van der Waals surface area contributed by atoms with Gasteiger partial charge in [0.2, 0.25) is 5.91 Å². The fraction of sp³-hybridized carbons (Fsp3) is 0.286. The van der Waals surface area contributed by atoms with Crippen LogP contribution in [-0.2, 0) is 4.79 Å². The van der Waals surface area contributed by atoms with Crippen LogP contribution in [0.4, 0.5) is 0 Å². The van der Waals surface area contributed by atoms with Gasteiger partial charge in [-0.15, -0.1) is 0 Å². The van der Waals surface area contributed by atoms with Crippen molar-refractivity contribution in [1.29, 1.82) is 0 Å². The first-order valence-electron chi connectivity index (χ1n) is 9.19. The largest absolute Gasteiger partial charge is 0.395 e. The van der Waals surface area contributed by atoms with Gasteiger partial charge in [0, 0.05) is 12.1 Å². The number of benzene rings is 2. The lowest BCUT2D eigenvalue weighted by molar-refractivity contribution is -0.124. The zero-order valence-electron chi connectivity index (χ0n) is 15.9. The van der Waals surface area contributed by atoms with Crippen LogP contribution < -0.4 is 10.1 Å². The van der Waals surface area contributed by atoms with E-state index in [-0.39, 0.29) is 25.0 Å². The van der Waals surface area contributed by atoms with E-state index >= 15 is 0 Å². The van der Waals surface area contributed by atoms with Crippen molar-refractivity contribution in [2.45, 2.75) is 26.3 Å². The highest BCUT2D eigenvalue weighted by atomic mass is 32.1. The summed E-state index contributed by atoms with van der Waals surface area (Å²) in [5.74, 6) is -0.546. The Labute approximate surface area is 167 Å². The maximum atomic E-state index is 12.7. The number of nitrogens with one attached hydrogen (secondary N) is 1. The molecule has 2 amide bonds. The van der Waals surface area contributed by atoms with Crippen molar-refractivity contribution >= 4 is 33.4 Å². The van der Waals surface area contributed by atoms with Gasteiger partial charge in [0.05, 0.1) is 16.8 Å². The first-order valence-corrected chi connectivity index (χ1v) is 10.0. The summed E-state index contributed by atoms with van der Waals surface area (Å²) in [6.07, 6.45) is 0.532. The number of hydrogen-bond donors (Lipinski definition) is 2. The van der Waals surface area contributed by atoms with Gasteiger partial charge in [0.1, 0.15) is 6.04 Å². The van der Waals surface area contributed by atoms with Gasteiger partial charge in [-0.2, -0.15) is 4.99 Å². The molecule has 3 rings (SSSR count). The number of hydrogen-bond acceptors (Lipinski definition) is 4. The molecule has 0 bridgehead atoms. The van der Waals surface area contributed by atoms with Gasteiger partial charge in [-0.3, -0.25) is 9.59 Å². The zero-order valence-corrected chi connectivity index (χ0v) is 16.7. The third kappa shape index (κ3) is 4.21. The fourth-order valence-electron chi connectivity index (χ4n) is 3.00. The highest BCUT2D eigenvalue weighted by Gasteiger charge is 2.22. The second kappa shape index (κ2) is 8.95. The summed E-state index contributed by atoms with van der Waals surface area (Å²) in [5, 5.41) is 11.7. The van der Waals surface area contributed by atoms with Crippen LogP contribution in [0.15, 0.2) is 53.5 Å². The van der Waals surface area contributed by atoms with E-state index in [0.717, 1.165) is 15.8 Å². The molecule has 7 heteroatoms. The van der Waals surface area contributed by atoms with E-state index in [2.05, 4.69) is 10.3 Å². The second-order valence-corrected chi connectivity index (χ2v) is 7.45. The molecule has 28 heavy (non-hydrogen) atoms. The first kappa shape index (κ1) is 20.0. The van der Waals surface area contributed by atoms with E-state index in [4.69, 9.17) is 5.11 Å². The summed E-state index contributed by atoms with van der Waals surface area (Å²) in [7, 11) is 0. The monoisotopic (exact) mass is 397 g/mol.